The van der Waals surface area contributed by atoms with Crippen molar-refractivity contribution in [1.82, 2.24) is 9.97 Å². The summed E-state index contributed by atoms with van der Waals surface area (Å²) < 4.78 is 35.9. The minimum atomic E-state index is -4.52. The van der Waals surface area contributed by atoms with Crippen LogP contribution in [0.2, 0.25) is 0 Å². The fourth-order valence-electron chi connectivity index (χ4n) is 3.23. The summed E-state index contributed by atoms with van der Waals surface area (Å²) in [6.07, 6.45) is 1.56. The summed E-state index contributed by atoms with van der Waals surface area (Å²) in [5.74, 6) is 0.264. The van der Waals surface area contributed by atoms with Gasteiger partial charge in [-0.1, -0.05) is 30.3 Å². The minimum Gasteiger partial charge on any atom is -0.493 e. The standard InChI is InChI=1S/C23H16N4O6S/c1-32-21-13-15(12-16(14-24)23-25-17-6-2-3-7-18(17)26-23)10-11-20(21)33-34(30,31)22-9-5-4-8-19(22)27(28)29/h2-13H,1H3,(H,25,26)/b16-12+. The van der Waals surface area contributed by atoms with Gasteiger partial charge in [0.15, 0.2) is 16.4 Å². The van der Waals surface area contributed by atoms with E-state index in [1.54, 1.807) is 6.08 Å². The van der Waals surface area contributed by atoms with Crippen molar-refractivity contribution in [2.75, 3.05) is 7.11 Å². The number of rotatable bonds is 7. The van der Waals surface area contributed by atoms with Crippen LogP contribution in [0.4, 0.5) is 5.69 Å². The number of benzene rings is 3. The third-order valence-corrected chi connectivity index (χ3v) is 6.08. The lowest BCUT2D eigenvalue weighted by atomic mass is 10.1. The normalized spacial score (nSPS) is 11.7. The number of aromatic nitrogens is 2. The van der Waals surface area contributed by atoms with Crippen LogP contribution in [0.25, 0.3) is 22.7 Å². The fourth-order valence-corrected chi connectivity index (χ4v) is 4.33. The Hall–Kier alpha value is -4.69. The SMILES string of the molecule is COc1cc(/C=C(\C#N)c2nc3ccccc3[nH]2)ccc1OS(=O)(=O)c1ccccc1[N+](=O)[O-]. The van der Waals surface area contributed by atoms with Crippen LogP contribution in [0.15, 0.2) is 71.6 Å². The number of aromatic amines is 1. The molecule has 4 rings (SSSR count). The molecule has 0 fully saturated rings. The van der Waals surface area contributed by atoms with E-state index in [1.807, 2.05) is 24.3 Å². The van der Waals surface area contributed by atoms with Gasteiger partial charge in [-0.2, -0.15) is 13.7 Å². The van der Waals surface area contributed by atoms with Gasteiger partial charge in [-0.15, -0.1) is 0 Å². The van der Waals surface area contributed by atoms with Crippen LogP contribution in [0, 0.1) is 21.4 Å². The summed E-state index contributed by atoms with van der Waals surface area (Å²) in [4.78, 5) is 17.3. The average molecular weight is 476 g/mol. The third kappa shape index (κ3) is 4.43. The van der Waals surface area contributed by atoms with E-state index in [1.165, 1.54) is 37.4 Å². The first-order valence-electron chi connectivity index (χ1n) is 9.75. The molecule has 1 aromatic heterocycles. The Morgan fingerprint density at radius 1 is 1.12 bits per heavy atom. The summed E-state index contributed by atoms with van der Waals surface area (Å²) in [6.45, 7) is 0. The van der Waals surface area contributed by atoms with Gasteiger partial charge in [0.05, 0.1) is 28.6 Å². The maximum absolute atomic E-state index is 12.7. The highest BCUT2D eigenvalue weighted by Gasteiger charge is 2.28. The Labute approximate surface area is 194 Å². The van der Waals surface area contributed by atoms with Crippen LogP contribution >= 0.6 is 0 Å². The Morgan fingerprint density at radius 2 is 1.85 bits per heavy atom. The van der Waals surface area contributed by atoms with E-state index < -0.39 is 25.6 Å². The molecule has 3 aromatic carbocycles. The third-order valence-electron chi connectivity index (χ3n) is 4.79. The van der Waals surface area contributed by atoms with Gasteiger partial charge in [-0.25, -0.2) is 4.98 Å². The van der Waals surface area contributed by atoms with E-state index >= 15 is 0 Å². The van der Waals surface area contributed by atoms with Gasteiger partial charge in [0, 0.05) is 6.07 Å². The number of allylic oxidation sites excluding steroid dienone is 1. The number of imidazole rings is 1. The first-order chi connectivity index (χ1) is 16.3. The molecular formula is C23H16N4O6S. The first-order valence-corrected chi connectivity index (χ1v) is 11.2. The topological polar surface area (TPSA) is 148 Å². The molecule has 1 N–H and O–H groups in total. The van der Waals surface area contributed by atoms with Crippen molar-refractivity contribution in [2.24, 2.45) is 0 Å². The second kappa shape index (κ2) is 9.05. The molecule has 0 bridgehead atoms. The average Bonchev–Trinajstić information content (AvgIpc) is 3.27. The highest BCUT2D eigenvalue weighted by molar-refractivity contribution is 7.87. The number of H-pyrrole nitrogens is 1. The van der Waals surface area contributed by atoms with Gasteiger partial charge < -0.3 is 13.9 Å². The molecule has 0 unspecified atom stereocenters. The lowest BCUT2D eigenvalue weighted by Crippen LogP contribution is -2.12. The van der Waals surface area contributed by atoms with E-state index in [2.05, 4.69) is 16.0 Å². The number of ether oxygens (including phenoxy) is 1. The highest BCUT2D eigenvalue weighted by Crippen LogP contribution is 2.34. The quantitative estimate of drug-likeness (QED) is 0.179. The molecule has 0 atom stereocenters. The number of nitriles is 1. The highest BCUT2D eigenvalue weighted by atomic mass is 32.2. The molecule has 0 saturated carbocycles. The van der Waals surface area contributed by atoms with E-state index in [4.69, 9.17) is 8.92 Å². The molecule has 0 saturated heterocycles. The van der Waals surface area contributed by atoms with Crippen molar-refractivity contribution in [2.45, 2.75) is 4.90 Å². The first kappa shape index (κ1) is 22.5. The molecule has 10 nitrogen and oxygen atoms in total. The van der Waals surface area contributed by atoms with Crippen LogP contribution in [0.3, 0.4) is 0 Å². The minimum absolute atomic E-state index is 0.0535. The van der Waals surface area contributed by atoms with Crippen molar-refractivity contribution in [3.05, 3.63) is 88.2 Å². The number of hydrogen-bond donors (Lipinski definition) is 1. The number of nitro groups is 1. The van der Waals surface area contributed by atoms with Crippen molar-refractivity contribution in [3.8, 4) is 17.6 Å². The maximum Gasteiger partial charge on any atom is 0.346 e. The van der Waals surface area contributed by atoms with Crippen molar-refractivity contribution >= 4 is 38.5 Å². The Bertz CT molecular complexity index is 1550. The summed E-state index contributed by atoms with van der Waals surface area (Å²) >= 11 is 0. The van der Waals surface area contributed by atoms with Gasteiger partial charge in [-0.05, 0) is 42.0 Å². The van der Waals surface area contributed by atoms with Crippen molar-refractivity contribution in [3.63, 3.8) is 0 Å². The predicted molar refractivity (Wildman–Crippen MR) is 123 cm³/mol. The maximum atomic E-state index is 12.7. The number of hydrogen-bond acceptors (Lipinski definition) is 8. The van der Waals surface area contributed by atoms with Crippen LogP contribution in [-0.4, -0.2) is 30.4 Å². The number of methoxy groups -OCH3 is 1. The van der Waals surface area contributed by atoms with Gasteiger partial charge in [0.1, 0.15) is 11.9 Å². The zero-order valence-corrected chi connectivity index (χ0v) is 18.4. The van der Waals surface area contributed by atoms with Crippen LogP contribution < -0.4 is 8.92 Å². The zero-order chi connectivity index (χ0) is 24.3. The molecule has 170 valence electrons. The van der Waals surface area contributed by atoms with Crippen LogP contribution in [0.1, 0.15) is 11.4 Å². The Balaban J connectivity index is 1.68. The fraction of sp³-hybridized carbons (Fsp3) is 0.0435. The second-order valence-electron chi connectivity index (χ2n) is 6.94. The van der Waals surface area contributed by atoms with Gasteiger partial charge in [0.25, 0.3) is 5.69 Å². The molecule has 4 aromatic rings. The molecule has 0 aliphatic carbocycles. The van der Waals surface area contributed by atoms with Gasteiger partial charge in [-0.3, -0.25) is 10.1 Å². The lowest BCUT2D eigenvalue weighted by Gasteiger charge is -2.11. The predicted octanol–water partition coefficient (Wildman–Crippen LogP) is 4.31. The van der Waals surface area contributed by atoms with Gasteiger partial charge >= 0.3 is 10.1 Å². The molecule has 34 heavy (non-hydrogen) atoms. The van der Waals surface area contributed by atoms with Crippen LogP contribution in [-0.2, 0) is 10.1 Å². The molecule has 0 radical (unpaired) electrons. The van der Waals surface area contributed by atoms with Gasteiger partial charge in [0.2, 0.25) is 0 Å². The monoisotopic (exact) mass is 476 g/mol. The zero-order valence-electron chi connectivity index (χ0n) is 17.6. The number of para-hydroxylation sites is 3. The summed E-state index contributed by atoms with van der Waals surface area (Å²) in [5.41, 5.74) is 1.65. The van der Waals surface area contributed by atoms with E-state index in [9.17, 15) is 23.8 Å². The Morgan fingerprint density at radius 3 is 2.56 bits per heavy atom. The molecule has 0 amide bonds. The van der Waals surface area contributed by atoms with Crippen molar-refractivity contribution < 1.29 is 22.3 Å². The molecule has 1 heterocycles. The molecule has 0 aliphatic rings. The Kier molecular flexibility index (Phi) is 5.99. The summed E-state index contributed by atoms with van der Waals surface area (Å²) in [7, 11) is -3.21. The lowest BCUT2D eigenvalue weighted by molar-refractivity contribution is -0.387. The number of fused-ring (bicyclic) bond motifs is 1. The summed E-state index contributed by atoms with van der Waals surface area (Å²) in [6, 6.07) is 18.6. The largest absolute Gasteiger partial charge is 0.493 e. The van der Waals surface area contributed by atoms with Crippen molar-refractivity contribution in [1.29, 1.82) is 5.26 Å². The number of nitro benzene ring substituents is 1. The number of nitrogens with zero attached hydrogens (tertiary/aromatic N) is 3. The second-order valence-corrected chi connectivity index (χ2v) is 8.46. The number of nitrogens with one attached hydrogen (secondary N) is 1. The van der Waals surface area contributed by atoms with Crippen LogP contribution in [0.5, 0.6) is 11.5 Å². The molecule has 0 spiro atoms. The van der Waals surface area contributed by atoms with E-state index in [-0.39, 0.29) is 17.1 Å². The van der Waals surface area contributed by atoms with E-state index in [0.717, 1.165) is 17.6 Å². The summed E-state index contributed by atoms with van der Waals surface area (Å²) in [5, 5.41) is 20.8. The molecular weight excluding hydrogens is 460 g/mol. The van der Waals surface area contributed by atoms with E-state index in [0.29, 0.717) is 16.9 Å². The molecule has 11 heteroatoms. The molecule has 0 aliphatic heterocycles. The smallest absolute Gasteiger partial charge is 0.346 e.